The quantitative estimate of drug-likeness (QED) is 0.325. The molecule has 8 nitrogen and oxygen atoms in total. The van der Waals surface area contributed by atoms with Gasteiger partial charge in [0.2, 0.25) is 0 Å². The molecule has 1 atom stereocenters. The van der Waals surface area contributed by atoms with Crippen molar-refractivity contribution in [3.8, 4) is 11.8 Å². The Hall–Kier alpha value is -4.81. The first-order valence-corrected chi connectivity index (χ1v) is 11.7. The molecule has 1 aromatic heterocycles. The van der Waals surface area contributed by atoms with E-state index >= 15 is 0 Å². The number of aromatic nitrogens is 1. The van der Waals surface area contributed by atoms with E-state index in [4.69, 9.17) is 0 Å². The lowest BCUT2D eigenvalue weighted by atomic mass is 10.1. The lowest BCUT2D eigenvalue weighted by Gasteiger charge is -2.13. The minimum atomic E-state index is -0.596. The summed E-state index contributed by atoms with van der Waals surface area (Å²) in [6.45, 7) is 1.81. The van der Waals surface area contributed by atoms with Crippen LogP contribution in [0, 0.1) is 21.4 Å². The molecule has 36 heavy (non-hydrogen) atoms. The monoisotopic (exact) mass is 496 g/mol. The highest BCUT2D eigenvalue weighted by molar-refractivity contribution is 7.07. The van der Waals surface area contributed by atoms with Crippen LogP contribution in [0.1, 0.15) is 24.1 Å². The van der Waals surface area contributed by atoms with Crippen molar-refractivity contribution in [3.63, 3.8) is 0 Å². The standard InChI is InChI=1S/C27H20N4O4S/c1-18(20-8-4-2-5-9-20)29-25(32)23(17-28)27-30(21-10-6-3-7-11-21)26(33)24(36-27)16-19-12-14-22(15-13-19)31(34)35/h2-16,18H,1H3,(H,29,32)/b24-16+,27-23+. The van der Waals surface area contributed by atoms with E-state index in [2.05, 4.69) is 5.32 Å². The molecule has 0 aliphatic heterocycles. The van der Waals surface area contributed by atoms with Gasteiger partial charge >= 0.3 is 0 Å². The molecule has 0 radical (unpaired) electrons. The molecule has 0 bridgehead atoms. The van der Waals surface area contributed by atoms with Crippen LogP contribution < -0.4 is 20.1 Å². The van der Waals surface area contributed by atoms with Gasteiger partial charge in [-0.05, 0) is 48.4 Å². The van der Waals surface area contributed by atoms with Gasteiger partial charge in [0.15, 0.2) is 5.57 Å². The van der Waals surface area contributed by atoms with Gasteiger partial charge in [0.1, 0.15) is 10.7 Å². The highest BCUT2D eigenvalue weighted by Crippen LogP contribution is 2.13. The maximum absolute atomic E-state index is 13.4. The fourth-order valence-electron chi connectivity index (χ4n) is 3.59. The average molecular weight is 497 g/mol. The van der Waals surface area contributed by atoms with Gasteiger partial charge in [0.25, 0.3) is 17.2 Å². The summed E-state index contributed by atoms with van der Waals surface area (Å²) in [6.07, 6.45) is 1.58. The van der Waals surface area contributed by atoms with E-state index in [-0.39, 0.29) is 26.5 Å². The van der Waals surface area contributed by atoms with Crippen molar-refractivity contribution >= 4 is 34.6 Å². The summed E-state index contributed by atoms with van der Waals surface area (Å²) in [4.78, 5) is 37.0. The number of thiazole rings is 1. The largest absolute Gasteiger partial charge is 0.345 e. The SMILES string of the molecule is CC(NC(=O)/C(C#N)=c1/s/c(=C/c2ccc([N+](=O)[O-])cc2)c(=O)n1-c1ccccc1)c1ccccc1. The third-order valence-corrected chi connectivity index (χ3v) is 6.53. The van der Waals surface area contributed by atoms with Crippen molar-refractivity contribution in [2.75, 3.05) is 0 Å². The van der Waals surface area contributed by atoms with Crippen LogP contribution in [-0.4, -0.2) is 15.4 Å². The van der Waals surface area contributed by atoms with Gasteiger partial charge < -0.3 is 5.32 Å². The molecule has 1 N–H and O–H groups in total. The number of hydrogen-bond acceptors (Lipinski definition) is 6. The molecule has 0 saturated carbocycles. The van der Waals surface area contributed by atoms with Crippen LogP contribution in [0.4, 0.5) is 5.69 Å². The summed E-state index contributed by atoms with van der Waals surface area (Å²) in [6, 6.07) is 25.5. The Kier molecular flexibility index (Phi) is 7.18. The van der Waals surface area contributed by atoms with Crippen LogP contribution in [0.3, 0.4) is 0 Å². The van der Waals surface area contributed by atoms with E-state index in [9.17, 15) is 25.0 Å². The Morgan fingerprint density at radius 2 is 1.67 bits per heavy atom. The Labute approximate surface area is 209 Å². The Balaban J connectivity index is 1.87. The summed E-state index contributed by atoms with van der Waals surface area (Å²) in [5, 5.41) is 23.7. The minimum absolute atomic E-state index is 0.0648. The molecule has 0 fully saturated rings. The molecule has 0 saturated heterocycles. The van der Waals surface area contributed by atoms with Crippen molar-refractivity contribution in [1.29, 1.82) is 5.26 Å². The summed E-state index contributed by atoms with van der Waals surface area (Å²) >= 11 is 1.01. The molecule has 9 heteroatoms. The highest BCUT2D eigenvalue weighted by atomic mass is 32.1. The van der Waals surface area contributed by atoms with E-state index in [0.29, 0.717) is 11.3 Å². The zero-order valence-electron chi connectivity index (χ0n) is 19.1. The maximum atomic E-state index is 13.4. The second-order valence-corrected chi connectivity index (χ2v) is 8.86. The second kappa shape index (κ2) is 10.6. The number of nitro benzene ring substituents is 1. The van der Waals surface area contributed by atoms with Crippen LogP contribution in [0.25, 0.3) is 17.3 Å². The first kappa shape index (κ1) is 24.3. The van der Waals surface area contributed by atoms with E-state index < -0.39 is 16.4 Å². The molecular formula is C27H20N4O4S. The van der Waals surface area contributed by atoms with Crippen molar-refractivity contribution < 1.29 is 9.72 Å². The number of nitriles is 1. The van der Waals surface area contributed by atoms with Crippen LogP contribution in [-0.2, 0) is 4.79 Å². The number of rotatable bonds is 6. The summed E-state index contributed by atoms with van der Waals surface area (Å²) in [5.74, 6) is -0.596. The molecule has 3 aromatic carbocycles. The number of hydrogen-bond donors (Lipinski definition) is 1. The molecule has 1 amide bonds. The Morgan fingerprint density at radius 1 is 1.06 bits per heavy atom. The van der Waals surface area contributed by atoms with Gasteiger partial charge in [-0.2, -0.15) is 5.26 Å². The Bertz CT molecular complexity index is 1630. The third kappa shape index (κ3) is 5.14. The van der Waals surface area contributed by atoms with Crippen LogP contribution in [0.15, 0.2) is 89.7 Å². The molecule has 178 valence electrons. The van der Waals surface area contributed by atoms with Gasteiger partial charge in [-0.15, -0.1) is 11.3 Å². The number of non-ortho nitro benzene ring substituents is 1. The first-order chi connectivity index (χ1) is 17.4. The molecule has 0 aliphatic rings. The first-order valence-electron chi connectivity index (χ1n) is 10.9. The fourth-order valence-corrected chi connectivity index (χ4v) is 4.70. The average Bonchev–Trinajstić information content (AvgIpc) is 3.21. The molecule has 1 unspecified atom stereocenters. The van der Waals surface area contributed by atoms with Crippen LogP contribution >= 0.6 is 11.3 Å². The summed E-state index contributed by atoms with van der Waals surface area (Å²) in [5.41, 5.74) is 1.30. The van der Waals surface area contributed by atoms with Crippen molar-refractivity contribution in [2.24, 2.45) is 0 Å². The molecule has 4 aromatic rings. The number of para-hydroxylation sites is 1. The normalized spacial score (nSPS) is 12.9. The third-order valence-electron chi connectivity index (χ3n) is 5.44. The number of nitrogens with one attached hydrogen (secondary N) is 1. The van der Waals surface area contributed by atoms with Crippen molar-refractivity contribution in [1.82, 2.24) is 9.88 Å². The van der Waals surface area contributed by atoms with Gasteiger partial charge in [-0.1, -0.05) is 48.5 Å². The van der Waals surface area contributed by atoms with E-state index in [1.807, 2.05) is 43.3 Å². The molecule has 0 aliphatic carbocycles. The summed E-state index contributed by atoms with van der Waals surface area (Å²) < 4.78 is 1.81. The number of amides is 1. The number of nitrogens with zero attached hydrogens (tertiary/aromatic N) is 3. The topological polar surface area (TPSA) is 118 Å². The number of nitro groups is 1. The number of carbonyl (C=O) groups excluding carboxylic acids is 1. The molecule has 0 spiro atoms. The van der Waals surface area contributed by atoms with E-state index in [1.165, 1.54) is 28.8 Å². The zero-order chi connectivity index (χ0) is 25.7. The number of benzene rings is 3. The van der Waals surface area contributed by atoms with Crippen LogP contribution in [0.5, 0.6) is 0 Å². The smallest absolute Gasteiger partial charge is 0.273 e. The van der Waals surface area contributed by atoms with E-state index in [0.717, 1.165) is 16.9 Å². The molecular weight excluding hydrogens is 476 g/mol. The van der Waals surface area contributed by atoms with Crippen LogP contribution in [0.2, 0.25) is 0 Å². The second-order valence-electron chi connectivity index (χ2n) is 7.83. The predicted molar refractivity (Wildman–Crippen MR) is 138 cm³/mol. The van der Waals surface area contributed by atoms with Crippen molar-refractivity contribution in [3.05, 3.63) is 126 Å². The highest BCUT2D eigenvalue weighted by Gasteiger charge is 2.19. The Morgan fingerprint density at radius 3 is 2.25 bits per heavy atom. The fraction of sp³-hybridized carbons (Fsp3) is 0.0741. The maximum Gasteiger partial charge on any atom is 0.273 e. The van der Waals surface area contributed by atoms with E-state index in [1.54, 1.807) is 36.4 Å². The van der Waals surface area contributed by atoms with Gasteiger partial charge in [0.05, 0.1) is 21.2 Å². The van der Waals surface area contributed by atoms with Gasteiger partial charge in [-0.25, -0.2) is 0 Å². The van der Waals surface area contributed by atoms with Gasteiger partial charge in [0, 0.05) is 12.1 Å². The van der Waals surface area contributed by atoms with Gasteiger partial charge in [-0.3, -0.25) is 24.3 Å². The lowest BCUT2D eigenvalue weighted by molar-refractivity contribution is -0.384. The predicted octanol–water partition coefficient (Wildman–Crippen LogP) is 3.19. The minimum Gasteiger partial charge on any atom is -0.345 e. The molecule has 4 rings (SSSR count). The number of carbonyl (C=O) groups is 1. The zero-order valence-corrected chi connectivity index (χ0v) is 19.9. The van der Waals surface area contributed by atoms with Crippen molar-refractivity contribution in [2.45, 2.75) is 13.0 Å². The lowest BCUT2D eigenvalue weighted by Crippen LogP contribution is -2.34. The molecule has 1 heterocycles. The summed E-state index contributed by atoms with van der Waals surface area (Å²) in [7, 11) is 0.